The Bertz CT molecular complexity index is 456. The maximum atomic E-state index is 5.71. The molecule has 0 aliphatic carbocycles. The number of hydrogen-bond donors (Lipinski definition) is 1. The summed E-state index contributed by atoms with van der Waals surface area (Å²) in [6.07, 6.45) is 2.61. The molecular weight excluding hydrogens is 240 g/mol. The van der Waals surface area contributed by atoms with Crippen LogP contribution in [0.15, 0.2) is 18.2 Å². The van der Waals surface area contributed by atoms with Gasteiger partial charge in [0.05, 0.1) is 0 Å². The predicted molar refractivity (Wildman–Crippen MR) is 82.3 cm³/mol. The van der Waals surface area contributed by atoms with E-state index in [4.69, 9.17) is 18.0 Å². The molecule has 2 rings (SSSR count). The number of nitrogens with two attached hydrogens (primary N) is 1. The summed E-state index contributed by atoms with van der Waals surface area (Å²) < 4.78 is 0. The lowest BCUT2D eigenvalue weighted by Gasteiger charge is -2.39. The Morgan fingerprint density at radius 3 is 2.67 bits per heavy atom. The first-order valence-electron chi connectivity index (χ1n) is 6.66. The molecule has 2 atom stereocenters. The Labute approximate surface area is 115 Å². The average Bonchev–Trinajstić information content (AvgIpc) is 2.31. The summed E-state index contributed by atoms with van der Waals surface area (Å²) >= 11 is 5.06. The van der Waals surface area contributed by atoms with Gasteiger partial charge in [0.1, 0.15) is 4.99 Å². The number of benzene rings is 1. The third-order valence-electron chi connectivity index (χ3n) is 3.92. The van der Waals surface area contributed by atoms with Crippen LogP contribution in [-0.4, -0.2) is 17.6 Å². The molecule has 2 N–H and O–H groups in total. The molecule has 3 heteroatoms. The highest BCUT2D eigenvalue weighted by atomic mass is 32.1. The van der Waals surface area contributed by atoms with E-state index in [0.29, 0.717) is 11.0 Å². The molecule has 2 nitrogen and oxygen atoms in total. The minimum absolute atomic E-state index is 0.485. The molecule has 0 radical (unpaired) electrons. The number of hydrogen-bond acceptors (Lipinski definition) is 2. The van der Waals surface area contributed by atoms with E-state index < -0.39 is 0 Å². The van der Waals surface area contributed by atoms with Gasteiger partial charge in [-0.15, -0.1) is 0 Å². The van der Waals surface area contributed by atoms with Gasteiger partial charge in [0, 0.05) is 23.8 Å². The van der Waals surface area contributed by atoms with Gasteiger partial charge in [-0.1, -0.05) is 19.1 Å². The van der Waals surface area contributed by atoms with Crippen molar-refractivity contribution in [1.82, 2.24) is 0 Å². The minimum Gasteiger partial charge on any atom is -0.389 e. The highest BCUT2D eigenvalue weighted by Crippen LogP contribution is 2.28. The van der Waals surface area contributed by atoms with Gasteiger partial charge in [0.25, 0.3) is 0 Å². The molecular formula is C15H22N2S. The molecule has 98 valence electrons. The fourth-order valence-corrected chi connectivity index (χ4v) is 2.98. The van der Waals surface area contributed by atoms with Crippen LogP contribution in [0.25, 0.3) is 0 Å². The summed E-state index contributed by atoms with van der Waals surface area (Å²) in [6, 6.07) is 7.04. The molecule has 1 aromatic carbocycles. The molecule has 1 fully saturated rings. The Balaban J connectivity index is 2.28. The second-order valence-electron chi connectivity index (χ2n) is 5.55. The largest absolute Gasteiger partial charge is 0.389 e. The fourth-order valence-electron chi connectivity index (χ4n) is 2.75. The quantitative estimate of drug-likeness (QED) is 0.830. The first kappa shape index (κ1) is 13.3. The normalized spacial score (nSPS) is 24.1. The Morgan fingerprint density at radius 1 is 1.33 bits per heavy atom. The van der Waals surface area contributed by atoms with Gasteiger partial charge >= 0.3 is 0 Å². The number of piperidine rings is 1. The summed E-state index contributed by atoms with van der Waals surface area (Å²) in [5.74, 6) is 0.775. The molecule has 0 saturated carbocycles. The van der Waals surface area contributed by atoms with Crippen molar-refractivity contribution in [3.63, 3.8) is 0 Å². The molecule has 1 heterocycles. The van der Waals surface area contributed by atoms with Gasteiger partial charge < -0.3 is 10.6 Å². The number of nitrogens with zero attached hydrogens (tertiary/aromatic N) is 1. The fraction of sp³-hybridized carbons (Fsp3) is 0.533. The zero-order chi connectivity index (χ0) is 13.3. The Hall–Kier alpha value is -1.09. The van der Waals surface area contributed by atoms with E-state index in [1.807, 2.05) is 0 Å². The van der Waals surface area contributed by atoms with Crippen molar-refractivity contribution in [3.05, 3.63) is 29.3 Å². The van der Waals surface area contributed by atoms with Crippen molar-refractivity contribution in [1.29, 1.82) is 0 Å². The van der Waals surface area contributed by atoms with Crippen LogP contribution in [0.5, 0.6) is 0 Å². The molecule has 0 bridgehead atoms. The Morgan fingerprint density at radius 2 is 2.06 bits per heavy atom. The van der Waals surface area contributed by atoms with Crippen LogP contribution in [0.4, 0.5) is 5.69 Å². The number of rotatable bonds is 2. The summed E-state index contributed by atoms with van der Waals surface area (Å²) in [6.45, 7) is 7.86. The molecule has 0 aromatic heterocycles. The molecule has 18 heavy (non-hydrogen) atoms. The van der Waals surface area contributed by atoms with Crippen molar-refractivity contribution in [2.24, 2.45) is 11.7 Å². The SMILES string of the molecule is Cc1cc(N2CC(C)CCC2C)ccc1C(N)=S. The highest BCUT2D eigenvalue weighted by Gasteiger charge is 2.23. The van der Waals surface area contributed by atoms with Gasteiger partial charge in [-0.05, 0) is 56.4 Å². The van der Waals surface area contributed by atoms with Gasteiger partial charge in [0.2, 0.25) is 0 Å². The number of aryl methyl sites for hydroxylation is 1. The van der Waals surface area contributed by atoms with Gasteiger partial charge in [-0.2, -0.15) is 0 Å². The molecule has 2 unspecified atom stereocenters. The minimum atomic E-state index is 0.485. The van der Waals surface area contributed by atoms with Gasteiger partial charge in [0.15, 0.2) is 0 Å². The van der Waals surface area contributed by atoms with E-state index in [-0.39, 0.29) is 0 Å². The van der Waals surface area contributed by atoms with Crippen LogP contribution in [0.2, 0.25) is 0 Å². The van der Waals surface area contributed by atoms with E-state index in [2.05, 4.69) is 43.9 Å². The van der Waals surface area contributed by atoms with Crippen molar-refractivity contribution < 1.29 is 0 Å². The summed E-state index contributed by atoms with van der Waals surface area (Å²) in [4.78, 5) is 2.99. The first-order chi connectivity index (χ1) is 8.49. The summed E-state index contributed by atoms with van der Waals surface area (Å²) in [5.41, 5.74) is 9.17. The van der Waals surface area contributed by atoms with Crippen LogP contribution in [0.3, 0.4) is 0 Å². The third kappa shape index (κ3) is 2.66. The van der Waals surface area contributed by atoms with Crippen LogP contribution >= 0.6 is 12.2 Å². The lowest BCUT2D eigenvalue weighted by molar-refractivity contribution is 0.390. The van der Waals surface area contributed by atoms with Crippen LogP contribution in [0, 0.1) is 12.8 Å². The van der Waals surface area contributed by atoms with Crippen molar-refractivity contribution in [3.8, 4) is 0 Å². The van der Waals surface area contributed by atoms with E-state index in [1.54, 1.807) is 0 Å². The summed E-state index contributed by atoms with van der Waals surface area (Å²) in [7, 11) is 0. The van der Waals surface area contributed by atoms with E-state index in [1.165, 1.54) is 24.1 Å². The number of anilines is 1. The van der Waals surface area contributed by atoms with Crippen molar-refractivity contribution in [2.75, 3.05) is 11.4 Å². The van der Waals surface area contributed by atoms with Crippen LogP contribution < -0.4 is 10.6 Å². The molecule has 1 aliphatic heterocycles. The highest BCUT2D eigenvalue weighted by molar-refractivity contribution is 7.80. The maximum absolute atomic E-state index is 5.71. The molecule has 0 spiro atoms. The zero-order valence-electron chi connectivity index (χ0n) is 11.4. The van der Waals surface area contributed by atoms with E-state index >= 15 is 0 Å². The van der Waals surface area contributed by atoms with Crippen molar-refractivity contribution in [2.45, 2.75) is 39.7 Å². The standard InChI is InChI=1S/C15H22N2S/c1-10-4-5-12(3)17(9-10)13-6-7-14(15(16)18)11(2)8-13/h6-8,10,12H,4-5,9H2,1-3H3,(H2,16,18). The zero-order valence-corrected chi connectivity index (χ0v) is 12.3. The maximum Gasteiger partial charge on any atom is 0.104 e. The lowest BCUT2D eigenvalue weighted by Crippen LogP contribution is -2.41. The molecule has 1 aromatic rings. The second-order valence-corrected chi connectivity index (χ2v) is 5.99. The van der Waals surface area contributed by atoms with E-state index in [9.17, 15) is 0 Å². The molecule has 1 saturated heterocycles. The first-order valence-corrected chi connectivity index (χ1v) is 7.07. The molecule has 1 aliphatic rings. The van der Waals surface area contributed by atoms with Gasteiger partial charge in [-0.3, -0.25) is 0 Å². The number of thiocarbonyl (C=S) groups is 1. The predicted octanol–water partition coefficient (Wildman–Crippen LogP) is 3.25. The smallest absolute Gasteiger partial charge is 0.104 e. The van der Waals surface area contributed by atoms with Crippen LogP contribution in [-0.2, 0) is 0 Å². The lowest BCUT2D eigenvalue weighted by atomic mass is 9.94. The Kier molecular flexibility index (Phi) is 3.91. The van der Waals surface area contributed by atoms with E-state index in [0.717, 1.165) is 18.0 Å². The van der Waals surface area contributed by atoms with Crippen molar-refractivity contribution >= 4 is 22.9 Å². The molecule has 0 amide bonds. The topological polar surface area (TPSA) is 29.3 Å². The van der Waals surface area contributed by atoms with Gasteiger partial charge in [-0.25, -0.2) is 0 Å². The summed E-state index contributed by atoms with van der Waals surface area (Å²) in [5, 5.41) is 0. The second kappa shape index (κ2) is 5.27. The monoisotopic (exact) mass is 262 g/mol. The average molecular weight is 262 g/mol. The van der Waals surface area contributed by atoms with Crippen LogP contribution in [0.1, 0.15) is 37.8 Å². The third-order valence-corrected chi connectivity index (χ3v) is 4.14.